The van der Waals surface area contributed by atoms with E-state index in [4.69, 9.17) is 5.26 Å². The highest BCUT2D eigenvalue weighted by Gasteiger charge is 2.31. The van der Waals surface area contributed by atoms with E-state index in [2.05, 4.69) is 9.97 Å². The number of benzene rings is 1. The first kappa shape index (κ1) is 19.3. The molecule has 2 heterocycles. The molecule has 1 aliphatic heterocycles. The zero-order valence-corrected chi connectivity index (χ0v) is 16.0. The van der Waals surface area contributed by atoms with Crippen LogP contribution < -0.4 is 0 Å². The van der Waals surface area contributed by atoms with Gasteiger partial charge in [-0.25, -0.2) is 18.4 Å². The summed E-state index contributed by atoms with van der Waals surface area (Å²) in [6.45, 7) is 1.01. The molecule has 0 unspecified atom stereocenters. The summed E-state index contributed by atoms with van der Waals surface area (Å²) >= 11 is 1.25. The van der Waals surface area contributed by atoms with Gasteiger partial charge >= 0.3 is 0 Å². The Morgan fingerprint density at radius 2 is 1.78 bits per heavy atom. The van der Waals surface area contributed by atoms with Crippen LogP contribution in [-0.2, 0) is 14.8 Å². The third kappa shape index (κ3) is 4.44. The Hall–Kier alpha value is -2.48. The van der Waals surface area contributed by atoms with Crippen LogP contribution in [0.15, 0.2) is 52.8 Å². The summed E-state index contributed by atoms with van der Waals surface area (Å²) in [6, 6.07) is 9.75. The topological polar surface area (TPSA) is 107 Å². The Labute approximate surface area is 161 Å². The normalized spacial score (nSPS) is 15.3. The minimum absolute atomic E-state index is 0.00376. The fraction of sp³-hybridized carbons (Fsp3) is 0.294. The standard InChI is InChI=1S/C17H17N5O3S2/c18-12-14-4-1-2-5-15(14)27(24,25)22-10-8-21(9-11-22)16(23)13-26-17-19-6-3-7-20-17/h1-7H,8-11,13H2. The van der Waals surface area contributed by atoms with Crippen LogP contribution in [0.25, 0.3) is 0 Å². The molecule has 10 heteroatoms. The number of sulfonamides is 1. The summed E-state index contributed by atoms with van der Waals surface area (Å²) in [5.41, 5.74) is 0.121. The molecule has 1 aromatic carbocycles. The van der Waals surface area contributed by atoms with Crippen LogP contribution in [0.5, 0.6) is 0 Å². The van der Waals surface area contributed by atoms with Crippen molar-refractivity contribution in [2.24, 2.45) is 0 Å². The summed E-state index contributed by atoms with van der Waals surface area (Å²) < 4.78 is 26.9. The molecule has 1 aromatic heterocycles. The van der Waals surface area contributed by atoms with E-state index in [9.17, 15) is 13.2 Å². The molecular weight excluding hydrogens is 386 g/mol. The fourth-order valence-electron chi connectivity index (χ4n) is 2.68. The van der Waals surface area contributed by atoms with Crippen molar-refractivity contribution in [3.8, 4) is 6.07 Å². The van der Waals surface area contributed by atoms with Crippen LogP contribution in [0.4, 0.5) is 0 Å². The molecule has 0 atom stereocenters. The van der Waals surface area contributed by atoms with Gasteiger partial charge in [-0.1, -0.05) is 23.9 Å². The third-order valence-electron chi connectivity index (χ3n) is 4.08. The number of carbonyl (C=O) groups is 1. The Kier molecular flexibility index (Phi) is 6.05. The van der Waals surface area contributed by atoms with Crippen molar-refractivity contribution in [3.05, 3.63) is 48.3 Å². The second-order valence-corrected chi connectivity index (χ2v) is 8.56. The molecular formula is C17H17N5O3S2. The lowest BCUT2D eigenvalue weighted by Gasteiger charge is -2.34. The maximum Gasteiger partial charge on any atom is 0.244 e. The molecule has 2 aromatic rings. The minimum Gasteiger partial charge on any atom is -0.339 e. The number of nitriles is 1. The molecule has 1 saturated heterocycles. The molecule has 0 radical (unpaired) electrons. The lowest BCUT2D eigenvalue weighted by Crippen LogP contribution is -2.51. The van der Waals surface area contributed by atoms with Crippen molar-refractivity contribution in [1.82, 2.24) is 19.2 Å². The summed E-state index contributed by atoms with van der Waals surface area (Å²) in [4.78, 5) is 22.1. The average molecular weight is 403 g/mol. The van der Waals surface area contributed by atoms with Crippen LogP contribution >= 0.6 is 11.8 Å². The highest BCUT2D eigenvalue weighted by atomic mass is 32.2. The number of carbonyl (C=O) groups excluding carboxylic acids is 1. The van der Waals surface area contributed by atoms with E-state index in [-0.39, 0.29) is 35.2 Å². The van der Waals surface area contributed by atoms with Gasteiger partial charge in [0.1, 0.15) is 6.07 Å². The lowest BCUT2D eigenvalue weighted by atomic mass is 10.2. The van der Waals surface area contributed by atoms with Gasteiger partial charge in [-0.05, 0) is 18.2 Å². The molecule has 0 bridgehead atoms. The van der Waals surface area contributed by atoms with E-state index < -0.39 is 10.0 Å². The summed E-state index contributed by atoms with van der Waals surface area (Å²) in [5, 5.41) is 9.68. The fourth-order valence-corrected chi connectivity index (χ4v) is 4.95. The Morgan fingerprint density at radius 3 is 2.44 bits per heavy atom. The number of piperazine rings is 1. The van der Waals surface area contributed by atoms with Crippen LogP contribution in [0, 0.1) is 11.3 Å². The molecule has 0 aliphatic carbocycles. The van der Waals surface area contributed by atoms with Crippen molar-refractivity contribution in [1.29, 1.82) is 5.26 Å². The predicted octanol–water partition coefficient (Wildman–Crippen LogP) is 0.973. The zero-order chi connectivity index (χ0) is 19.3. The quantitative estimate of drug-likeness (QED) is 0.541. The van der Waals surface area contributed by atoms with Crippen molar-refractivity contribution in [2.45, 2.75) is 10.1 Å². The van der Waals surface area contributed by atoms with Crippen LogP contribution in [0.3, 0.4) is 0 Å². The maximum absolute atomic E-state index is 12.8. The third-order valence-corrected chi connectivity index (χ3v) is 6.90. The highest BCUT2D eigenvalue weighted by molar-refractivity contribution is 7.99. The number of aromatic nitrogens is 2. The molecule has 1 amide bonds. The zero-order valence-electron chi connectivity index (χ0n) is 14.4. The maximum atomic E-state index is 12.8. The second-order valence-electron chi connectivity index (χ2n) is 5.71. The molecule has 0 spiro atoms. The van der Waals surface area contributed by atoms with Crippen molar-refractivity contribution in [3.63, 3.8) is 0 Å². The van der Waals surface area contributed by atoms with Crippen molar-refractivity contribution >= 4 is 27.7 Å². The van der Waals surface area contributed by atoms with E-state index in [0.717, 1.165) is 0 Å². The molecule has 8 nitrogen and oxygen atoms in total. The number of amides is 1. The summed E-state index contributed by atoms with van der Waals surface area (Å²) in [6.07, 6.45) is 3.23. The van der Waals surface area contributed by atoms with Gasteiger partial charge in [0.15, 0.2) is 5.16 Å². The number of hydrogen-bond donors (Lipinski definition) is 0. The first-order valence-corrected chi connectivity index (χ1v) is 10.6. The molecule has 27 heavy (non-hydrogen) atoms. The Morgan fingerprint density at radius 1 is 1.11 bits per heavy atom. The molecule has 1 fully saturated rings. The van der Waals surface area contributed by atoms with Crippen molar-refractivity contribution < 1.29 is 13.2 Å². The molecule has 0 saturated carbocycles. The highest BCUT2D eigenvalue weighted by Crippen LogP contribution is 2.21. The van der Waals surface area contributed by atoms with E-state index in [1.165, 1.54) is 28.2 Å². The summed E-state index contributed by atoms with van der Waals surface area (Å²) in [7, 11) is -3.76. The minimum atomic E-state index is -3.76. The Bertz CT molecular complexity index is 952. The number of hydrogen-bond acceptors (Lipinski definition) is 7. The SMILES string of the molecule is N#Cc1ccccc1S(=O)(=O)N1CCN(C(=O)CSc2ncccn2)CC1. The van der Waals surface area contributed by atoms with Crippen LogP contribution in [-0.4, -0.2) is 65.4 Å². The van der Waals surface area contributed by atoms with Gasteiger partial charge in [0.05, 0.1) is 16.2 Å². The number of nitrogens with zero attached hydrogens (tertiary/aromatic N) is 5. The molecule has 1 aliphatic rings. The first-order valence-electron chi connectivity index (χ1n) is 8.19. The van der Waals surface area contributed by atoms with E-state index >= 15 is 0 Å². The monoisotopic (exact) mass is 403 g/mol. The molecule has 3 rings (SSSR count). The van der Waals surface area contributed by atoms with Gasteiger partial charge in [0, 0.05) is 38.6 Å². The van der Waals surface area contributed by atoms with Crippen LogP contribution in [0.1, 0.15) is 5.56 Å². The van der Waals surface area contributed by atoms with Gasteiger partial charge in [0.2, 0.25) is 15.9 Å². The van der Waals surface area contributed by atoms with Crippen molar-refractivity contribution in [2.75, 3.05) is 31.9 Å². The predicted molar refractivity (Wildman–Crippen MR) is 99.3 cm³/mol. The number of rotatable bonds is 5. The van der Waals surface area contributed by atoms with E-state index in [1.807, 2.05) is 6.07 Å². The van der Waals surface area contributed by atoms with Crippen LogP contribution in [0.2, 0.25) is 0 Å². The Balaban J connectivity index is 1.60. The van der Waals surface area contributed by atoms with E-state index in [1.54, 1.807) is 35.5 Å². The summed E-state index contributed by atoms with van der Waals surface area (Å²) in [5.74, 6) is 0.121. The van der Waals surface area contributed by atoms with Gasteiger partial charge in [-0.15, -0.1) is 0 Å². The van der Waals surface area contributed by atoms with Gasteiger partial charge in [0.25, 0.3) is 0 Å². The smallest absolute Gasteiger partial charge is 0.244 e. The van der Waals surface area contributed by atoms with Gasteiger partial charge < -0.3 is 4.90 Å². The number of thioether (sulfide) groups is 1. The molecule has 0 N–H and O–H groups in total. The van der Waals surface area contributed by atoms with Gasteiger partial charge in [-0.3, -0.25) is 4.79 Å². The van der Waals surface area contributed by atoms with E-state index in [0.29, 0.717) is 18.2 Å². The van der Waals surface area contributed by atoms with Gasteiger partial charge in [-0.2, -0.15) is 9.57 Å². The average Bonchev–Trinajstić information content (AvgIpc) is 2.72. The largest absolute Gasteiger partial charge is 0.339 e. The first-order chi connectivity index (χ1) is 13.0. The lowest BCUT2D eigenvalue weighted by molar-refractivity contribution is -0.129. The second kappa shape index (κ2) is 8.47. The molecule has 140 valence electrons.